The first kappa shape index (κ1) is 17.6. The van der Waals surface area contributed by atoms with Gasteiger partial charge in [0.25, 0.3) is 5.56 Å². The van der Waals surface area contributed by atoms with E-state index in [0.29, 0.717) is 28.2 Å². The van der Waals surface area contributed by atoms with Gasteiger partial charge in [0.2, 0.25) is 0 Å². The number of aromatic nitrogens is 3. The Morgan fingerprint density at radius 1 is 1.23 bits per heavy atom. The average Bonchev–Trinajstić information content (AvgIpc) is 2.87. The number of nitrogens with zero attached hydrogens (tertiary/aromatic N) is 2. The van der Waals surface area contributed by atoms with Crippen LogP contribution in [0.25, 0.3) is 5.65 Å². The molecule has 3 heterocycles. The Bertz CT molecular complexity index is 1090. The number of pyridine rings is 1. The predicted molar refractivity (Wildman–Crippen MR) is 95.6 cm³/mol. The number of hydrogen-bond donors (Lipinski definition) is 1. The Morgan fingerprint density at radius 3 is 2.62 bits per heavy atom. The van der Waals surface area contributed by atoms with Gasteiger partial charge in [-0.15, -0.1) is 0 Å². The SMILES string of the molecule is CC(=O)c1c(C)[nH]c(C(=O)OCc2cc(=O)n3c(C)cccc3n2)c1C. The van der Waals surface area contributed by atoms with Crippen molar-refractivity contribution in [3.05, 3.63) is 68.5 Å². The first-order valence-corrected chi connectivity index (χ1v) is 8.15. The van der Waals surface area contributed by atoms with Gasteiger partial charge in [-0.2, -0.15) is 0 Å². The van der Waals surface area contributed by atoms with Gasteiger partial charge in [-0.05, 0) is 45.4 Å². The van der Waals surface area contributed by atoms with Crippen molar-refractivity contribution < 1.29 is 14.3 Å². The highest BCUT2D eigenvalue weighted by molar-refractivity contribution is 6.01. The average molecular weight is 353 g/mol. The number of rotatable bonds is 4. The van der Waals surface area contributed by atoms with E-state index in [0.717, 1.165) is 5.69 Å². The number of nitrogens with one attached hydrogen (secondary N) is 1. The minimum Gasteiger partial charge on any atom is -0.454 e. The number of hydrogen-bond acceptors (Lipinski definition) is 5. The van der Waals surface area contributed by atoms with Crippen LogP contribution in [0.3, 0.4) is 0 Å². The number of aryl methyl sites for hydroxylation is 2. The summed E-state index contributed by atoms with van der Waals surface area (Å²) in [5.41, 5.74) is 3.32. The standard InChI is InChI=1S/C19H19N3O4/c1-10-6-5-7-15-21-14(8-16(24)22(10)15)9-26-19(25)18-11(2)17(13(4)23)12(3)20-18/h5-8,20H,9H2,1-4H3. The van der Waals surface area contributed by atoms with E-state index in [1.807, 2.05) is 13.0 Å². The molecule has 3 rings (SSSR count). The predicted octanol–water partition coefficient (Wildman–Crippen LogP) is 2.51. The number of fused-ring (bicyclic) bond motifs is 1. The normalized spacial score (nSPS) is 10.9. The van der Waals surface area contributed by atoms with Crippen molar-refractivity contribution in [2.24, 2.45) is 0 Å². The van der Waals surface area contributed by atoms with Crippen molar-refractivity contribution in [2.45, 2.75) is 34.3 Å². The van der Waals surface area contributed by atoms with E-state index in [-0.39, 0.29) is 23.6 Å². The molecule has 134 valence electrons. The van der Waals surface area contributed by atoms with Crippen molar-refractivity contribution >= 4 is 17.4 Å². The summed E-state index contributed by atoms with van der Waals surface area (Å²) >= 11 is 0. The van der Waals surface area contributed by atoms with Crippen molar-refractivity contribution in [1.29, 1.82) is 0 Å². The molecule has 0 aromatic carbocycles. The lowest BCUT2D eigenvalue weighted by Crippen LogP contribution is -2.18. The van der Waals surface area contributed by atoms with Gasteiger partial charge in [0.15, 0.2) is 5.78 Å². The van der Waals surface area contributed by atoms with E-state index in [1.54, 1.807) is 26.0 Å². The zero-order valence-electron chi connectivity index (χ0n) is 15.0. The van der Waals surface area contributed by atoms with Gasteiger partial charge < -0.3 is 9.72 Å². The third-order valence-electron chi connectivity index (χ3n) is 4.28. The minimum absolute atomic E-state index is 0.116. The van der Waals surface area contributed by atoms with E-state index in [2.05, 4.69) is 9.97 Å². The maximum atomic E-state index is 12.4. The molecule has 7 heteroatoms. The lowest BCUT2D eigenvalue weighted by Gasteiger charge is -2.07. The summed E-state index contributed by atoms with van der Waals surface area (Å²) < 4.78 is 6.77. The topological polar surface area (TPSA) is 93.5 Å². The molecule has 0 aliphatic heterocycles. The number of H-pyrrole nitrogens is 1. The Balaban J connectivity index is 1.85. The summed E-state index contributed by atoms with van der Waals surface area (Å²) in [4.78, 5) is 43.5. The molecule has 1 N–H and O–H groups in total. The van der Waals surface area contributed by atoms with Crippen molar-refractivity contribution in [3.63, 3.8) is 0 Å². The van der Waals surface area contributed by atoms with Crippen LogP contribution < -0.4 is 5.56 Å². The number of carbonyl (C=O) groups is 2. The van der Waals surface area contributed by atoms with Gasteiger partial charge >= 0.3 is 5.97 Å². The molecule has 0 unspecified atom stereocenters. The Morgan fingerprint density at radius 2 is 1.96 bits per heavy atom. The number of aromatic amines is 1. The second kappa shape index (κ2) is 6.59. The van der Waals surface area contributed by atoms with Gasteiger partial charge in [0.05, 0.1) is 5.69 Å². The van der Waals surface area contributed by atoms with Crippen LogP contribution in [0.4, 0.5) is 0 Å². The summed E-state index contributed by atoms with van der Waals surface area (Å²) in [6, 6.07) is 6.69. The third kappa shape index (κ3) is 3.03. The van der Waals surface area contributed by atoms with Crippen LogP contribution in [0.15, 0.2) is 29.1 Å². The fourth-order valence-corrected chi connectivity index (χ4v) is 3.13. The van der Waals surface area contributed by atoms with Gasteiger partial charge in [-0.1, -0.05) is 6.07 Å². The largest absolute Gasteiger partial charge is 0.454 e. The lowest BCUT2D eigenvalue weighted by molar-refractivity contribution is 0.0460. The van der Waals surface area contributed by atoms with Gasteiger partial charge in [0.1, 0.15) is 17.9 Å². The molecule has 0 bridgehead atoms. The molecule has 7 nitrogen and oxygen atoms in total. The van der Waals surface area contributed by atoms with E-state index in [9.17, 15) is 14.4 Å². The molecule has 0 radical (unpaired) electrons. The summed E-state index contributed by atoms with van der Waals surface area (Å²) in [5, 5.41) is 0. The Labute approximate surface area is 149 Å². The zero-order valence-corrected chi connectivity index (χ0v) is 15.0. The van der Waals surface area contributed by atoms with Gasteiger partial charge in [0, 0.05) is 23.0 Å². The maximum absolute atomic E-state index is 12.4. The molecular weight excluding hydrogens is 334 g/mol. The number of ketones is 1. The van der Waals surface area contributed by atoms with E-state index in [1.165, 1.54) is 17.4 Å². The van der Waals surface area contributed by atoms with E-state index >= 15 is 0 Å². The minimum atomic E-state index is -0.593. The van der Waals surface area contributed by atoms with Gasteiger partial charge in [-0.25, -0.2) is 9.78 Å². The van der Waals surface area contributed by atoms with E-state index in [4.69, 9.17) is 4.74 Å². The molecule has 3 aromatic heterocycles. The van der Waals surface area contributed by atoms with Crippen LogP contribution in [0.2, 0.25) is 0 Å². The highest BCUT2D eigenvalue weighted by Crippen LogP contribution is 2.19. The summed E-state index contributed by atoms with van der Waals surface area (Å²) in [6.45, 7) is 6.56. The molecule has 0 saturated heterocycles. The highest BCUT2D eigenvalue weighted by atomic mass is 16.5. The first-order valence-electron chi connectivity index (χ1n) is 8.15. The fourth-order valence-electron chi connectivity index (χ4n) is 3.13. The molecule has 0 aliphatic rings. The molecule has 0 aliphatic carbocycles. The number of carbonyl (C=O) groups excluding carboxylic acids is 2. The van der Waals surface area contributed by atoms with Gasteiger partial charge in [-0.3, -0.25) is 14.0 Å². The van der Waals surface area contributed by atoms with E-state index < -0.39 is 5.97 Å². The third-order valence-corrected chi connectivity index (χ3v) is 4.28. The number of Topliss-reactive ketones (excluding diaryl/α,β-unsaturated/α-hetero) is 1. The molecule has 3 aromatic rings. The number of esters is 1. The number of ether oxygens (including phenoxy) is 1. The molecule has 0 spiro atoms. The molecular formula is C19H19N3O4. The summed E-state index contributed by atoms with van der Waals surface area (Å²) in [5.74, 6) is -0.709. The smallest absolute Gasteiger partial charge is 0.355 e. The Hall–Kier alpha value is -3.22. The fraction of sp³-hybridized carbons (Fsp3) is 0.263. The summed E-state index contributed by atoms with van der Waals surface area (Å²) in [6.07, 6.45) is 0. The van der Waals surface area contributed by atoms with Crippen molar-refractivity contribution in [1.82, 2.24) is 14.4 Å². The quantitative estimate of drug-likeness (QED) is 0.574. The first-order chi connectivity index (χ1) is 12.3. The van der Waals surface area contributed by atoms with Crippen LogP contribution in [0, 0.1) is 20.8 Å². The second-order valence-electron chi connectivity index (χ2n) is 6.20. The van der Waals surface area contributed by atoms with Crippen LogP contribution in [0.5, 0.6) is 0 Å². The molecule has 0 amide bonds. The molecule has 26 heavy (non-hydrogen) atoms. The second-order valence-corrected chi connectivity index (χ2v) is 6.20. The van der Waals surface area contributed by atoms with Crippen LogP contribution in [-0.2, 0) is 11.3 Å². The van der Waals surface area contributed by atoms with Crippen LogP contribution in [0.1, 0.15) is 50.4 Å². The maximum Gasteiger partial charge on any atom is 0.355 e. The van der Waals surface area contributed by atoms with Crippen LogP contribution in [-0.4, -0.2) is 26.1 Å². The molecule has 0 fully saturated rings. The Kier molecular flexibility index (Phi) is 4.46. The van der Waals surface area contributed by atoms with Crippen LogP contribution >= 0.6 is 0 Å². The van der Waals surface area contributed by atoms with Crippen molar-refractivity contribution in [3.8, 4) is 0 Å². The summed E-state index contributed by atoms with van der Waals surface area (Å²) in [7, 11) is 0. The molecule has 0 saturated carbocycles. The lowest BCUT2D eigenvalue weighted by atomic mass is 10.1. The monoisotopic (exact) mass is 353 g/mol. The highest BCUT2D eigenvalue weighted by Gasteiger charge is 2.21. The van der Waals surface area contributed by atoms with Crippen molar-refractivity contribution in [2.75, 3.05) is 0 Å². The molecule has 0 atom stereocenters. The zero-order chi connectivity index (χ0) is 19.0.